The van der Waals surface area contributed by atoms with Crippen LogP contribution in [0, 0.1) is 11.7 Å². The van der Waals surface area contributed by atoms with E-state index in [0.29, 0.717) is 6.04 Å². The minimum absolute atomic E-state index is 0.258. The fourth-order valence-corrected chi connectivity index (χ4v) is 3.61. The van der Waals surface area contributed by atoms with Gasteiger partial charge in [0.2, 0.25) is 0 Å². The summed E-state index contributed by atoms with van der Waals surface area (Å²) in [4.78, 5) is 9.12. The Labute approximate surface area is 120 Å². The molecule has 0 aromatic carbocycles. The van der Waals surface area contributed by atoms with Gasteiger partial charge in [0, 0.05) is 19.1 Å². The third-order valence-electron chi connectivity index (χ3n) is 4.97. The van der Waals surface area contributed by atoms with E-state index in [1.807, 2.05) is 0 Å². The maximum absolute atomic E-state index is 12.9. The number of halogens is 1. The number of aromatic nitrogens is 1. The molecule has 0 amide bonds. The Kier molecular flexibility index (Phi) is 4.20. The Morgan fingerprint density at radius 1 is 1.15 bits per heavy atom. The third kappa shape index (κ3) is 2.95. The minimum atomic E-state index is -0.258. The van der Waals surface area contributed by atoms with E-state index in [9.17, 15) is 4.39 Å². The van der Waals surface area contributed by atoms with Crippen LogP contribution in [-0.4, -0.2) is 42.1 Å². The summed E-state index contributed by atoms with van der Waals surface area (Å²) >= 11 is 0. The van der Waals surface area contributed by atoms with Crippen molar-refractivity contribution in [3.63, 3.8) is 0 Å². The summed E-state index contributed by atoms with van der Waals surface area (Å²) in [5.74, 6) is 1.45. The van der Waals surface area contributed by atoms with Crippen LogP contribution < -0.4 is 4.90 Å². The summed E-state index contributed by atoms with van der Waals surface area (Å²) in [6.45, 7) is 7.03. The van der Waals surface area contributed by atoms with Crippen LogP contribution in [0.2, 0.25) is 0 Å². The maximum atomic E-state index is 12.9. The summed E-state index contributed by atoms with van der Waals surface area (Å²) in [6, 6.07) is 4.00. The first-order valence-corrected chi connectivity index (χ1v) is 7.84. The van der Waals surface area contributed by atoms with Crippen molar-refractivity contribution in [2.24, 2.45) is 5.92 Å². The molecular weight excluding hydrogens is 253 g/mol. The number of nitrogens with zero attached hydrogens (tertiary/aromatic N) is 3. The molecule has 2 fully saturated rings. The van der Waals surface area contributed by atoms with Crippen molar-refractivity contribution < 1.29 is 4.39 Å². The van der Waals surface area contributed by atoms with Crippen LogP contribution >= 0.6 is 0 Å². The first-order valence-electron chi connectivity index (χ1n) is 7.84. The Morgan fingerprint density at radius 3 is 2.45 bits per heavy atom. The smallest absolute Gasteiger partial charge is 0.141 e. The lowest BCUT2D eigenvalue weighted by Crippen LogP contribution is -2.43. The van der Waals surface area contributed by atoms with E-state index in [0.717, 1.165) is 24.8 Å². The quantitative estimate of drug-likeness (QED) is 0.847. The minimum Gasteiger partial charge on any atom is -0.357 e. The van der Waals surface area contributed by atoms with Crippen molar-refractivity contribution in [1.82, 2.24) is 9.88 Å². The zero-order valence-corrected chi connectivity index (χ0v) is 12.3. The molecular formula is C16H24FN3. The molecule has 4 heteroatoms. The molecule has 0 bridgehead atoms. The zero-order valence-electron chi connectivity index (χ0n) is 12.3. The number of likely N-dealkylation sites (tertiary alicyclic amines) is 1. The van der Waals surface area contributed by atoms with Crippen LogP contribution in [0.4, 0.5) is 10.2 Å². The fourth-order valence-electron chi connectivity index (χ4n) is 3.61. The molecule has 2 aliphatic heterocycles. The van der Waals surface area contributed by atoms with E-state index in [1.165, 1.54) is 51.0 Å². The van der Waals surface area contributed by atoms with Crippen LogP contribution in [0.3, 0.4) is 0 Å². The Balaban J connectivity index is 1.55. The fraction of sp³-hybridized carbons (Fsp3) is 0.688. The number of hydrogen-bond acceptors (Lipinski definition) is 3. The molecule has 0 unspecified atom stereocenters. The van der Waals surface area contributed by atoms with Gasteiger partial charge in [0.15, 0.2) is 0 Å². The van der Waals surface area contributed by atoms with Gasteiger partial charge < -0.3 is 9.80 Å². The van der Waals surface area contributed by atoms with E-state index >= 15 is 0 Å². The summed E-state index contributed by atoms with van der Waals surface area (Å²) < 4.78 is 12.9. The second kappa shape index (κ2) is 6.08. The van der Waals surface area contributed by atoms with Crippen LogP contribution in [0.5, 0.6) is 0 Å². The molecule has 3 nitrogen and oxygen atoms in total. The van der Waals surface area contributed by atoms with Crippen LogP contribution in [0.15, 0.2) is 18.3 Å². The summed E-state index contributed by atoms with van der Waals surface area (Å²) in [5, 5.41) is 0. The number of pyridine rings is 1. The number of anilines is 1. The van der Waals surface area contributed by atoms with Gasteiger partial charge in [-0.25, -0.2) is 9.37 Å². The first kappa shape index (κ1) is 13.8. The van der Waals surface area contributed by atoms with Gasteiger partial charge in [0.25, 0.3) is 0 Å². The largest absolute Gasteiger partial charge is 0.357 e. The molecule has 110 valence electrons. The molecule has 0 saturated carbocycles. The van der Waals surface area contributed by atoms with E-state index in [2.05, 4.69) is 21.7 Å². The topological polar surface area (TPSA) is 19.4 Å². The Bertz CT molecular complexity index is 420. The SMILES string of the molecule is C[C@H](C1CCN(c2ccc(F)cn2)CC1)N1CCCC1. The van der Waals surface area contributed by atoms with E-state index in [-0.39, 0.29) is 5.82 Å². The van der Waals surface area contributed by atoms with E-state index in [1.54, 1.807) is 6.07 Å². The summed E-state index contributed by atoms with van der Waals surface area (Å²) in [6.07, 6.45) is 6.48. The van der Waals surface area contributed by atoms with Gasteiger partial charge in [-0.3, -0.25) is 0 Å². The molecule has 1 atom stereocenters. The van der Waals surface area contributed by atoms with Gasteiger partial charge >= 0.3 is 0 Å². The molecule has 1 aromatic rings. The zero-order chi connectivity index (χ0) is 13.9. The lowest BCUT2D eigenvalue weighted by Gasteiger charge is -2.38. The molecule has 0 spiro atoms. The molecule has 20 heavy (non-hydrogen) atoms. The Morgan fingerprint density at radius 2 is 1.85 bits per heavy atom. The van der Waals surface area contributed by atoms with Crippen molar-refractivity contribution in [2.75, 3.05) is 31.1 Å². The van der Waals surface area contributed by atoms with Crippen molar-refractivity contribution in [2.45, 2.75) is 38.6 Å². The molecule has 2 aliphatic rings. The highest BCUT2D eigenvalue weighted by Gasteiger charge is 2.29. The van der Waals surface area contributed by atoms with Gasteiger partial charge in [-0.1, -0.05) is 0 Å². The van der Waals surface area contributed by atoms with Gasteiger partial charge in [0.1, 0.15) is 11.6 Å². The van der Waals surface area contributed by atoms with Crippen molar-refractivity contribution in [1.29, 1.82) is 0 Å². The molecule has 0 aliphatic carbocycles. The van der Waals surface area contributed by atoms with E-state index in [4.69, 9.17) is 0 Å². The van der Waals surface area contributed by atoms with Gasteiger partial charge in [-0.05, 0) is 63.7 Å². The summed E-state index contributed by atoms with van der Waals surface area (Å²) in [7, 11) is 0. The normalized spacial score (nSPS) is 23.2. The molecule has 0 N–H and O–H groups in total. The predicted octanol–water partition coefficient (Wildman–Crippen LogP) is 2.92. The molecule has 3 heterocycles. The van der Waals surface area contributed by atoms with Crippen molar-refractivity contribution in [3.8, 4) is 0 Å². The number of piperidine rings is 1. The average Bonchev–Trinajstić information content (AvgIpc) is 3.02. The standard InChI is InChI=1S/C16H24FN3/c1-13(19-8-2-3-9-19)14-6-10-20(11-7-14)16-5-4-15(17)12-18-16/h4-5,12-14H,2-3,6-11H2,1H3/t13-/m1/s1. The highest BCUT2D eigenvalue weighted by molar-refractivity contribution is 5.38. The van der Waals surface area contributed by atoms with Crippen LogP contribution in [0.1, 0.15) is 32.6 Å². The van der Waals surface area contributed by atoms with Crippen molar-refractivity contribution in [3.05, 3.63) is 24.1 Å². The number of hydrogen-bond donors (Lipinski definition) is 0. The second-order valence-corrected chi connectivity index (χ2v) is 6.14. The Hall–Kier alpha value is -1.16. The van der Waals surface area contributed by atoms with Gasteiger partial charge in [-0.2, -0.15) is 0 Å². The maximum Gasteiger partial charge on any atom is 0.141 e. The molecule has 0 radical (unpaired) electrons. The van der Waals surface area contributed by atoms with Gasteiger partial charge in [-0.15, -0.1) is 0 Å². The summed E-state index contributed by atoms with van der Waals surface area (Å²) in [5.41, 5.74) is 0. The number of rotatable bonds is 3. The van der Waals surface area contributed by atoms with E-state index < -0.39 is 0 Å². The second-order valence-electron chi connectivity index (χ2n) is 6.14. The lowest BCUT2D eigenvalue weighted by molar-refractivity contribution is 0.167. The highest BCUT2D eigenvalue weighted by atomic mass is 19.1. The van der Waals surface area contributed by atoms with Gasteiger partial charge in [0.05, 0.1) is 6.20 Å². The third-order valence-corrected chi connectivity index (χ3v) is 4.97. The molecule has 2 saturated heterocycles. The predicted molar refractivity (Wildman–Crippen MR) is 79.4 cm³/mol. The molecule has 3 rings (SSSR count). The van der Waals surface area contributed by atoms with Crippen LogP contribution in [0.25, 0.3) is 0 Å². The monoisotopic (exact) mass is 277 g/mol. The highest BCUT2D eigenvalue weighted by Crippen LogP contribution is 2.28. The molecule has 1 aromatic heterocycles. The van der Waals surface area contributed by atoms with Crippen molar-refractivity contribution >= 4 is 5.82 Å². The average molecular weight is 277 g/mol. The van der Waals surface area contributed by atoms with Crippen LogP contribution in [-0.2, 0) is 0 Å². The first-order chi connectivity index (χ1) is 9.74. The lowest BCUT2D eigenvalue weighted by atomic mass is 9.89.